The highest BCUT2D eigenvalue weighted by atomic mass is 32.2. The maximum atomic E-state index is 11.4. The molecule has 1 atom stereocenters. The smallest absolute Gasteiger partial charge is 0.281 e. The predicted octanol–water partition coefficient (Wildman–Crippen LogP) is 2.59. The van der Waals surface area contributed by atoms with Gasteiger partial charge in [0.1, 0.15) is 0 Å². The molecule has 1 rings (SSSR count). The molecule has 0 spiro atoms. The highest BCUT2D eigenvalue weighted by Crippen LogP contribution is 2.28. The van der Waals surface area contributed by atoms with Crippen molar-refractivity contribution in [3.05, 3.63) is 0 Å². The molecule has 0 aliphatic carbocycles. The first-order valence-corrected chi connectivity index (χ1v) is 5.58. The number of carbonyl (C=O) groups is 1. The van der Waals surface area contributed by atoms with Crippen LogP contribution in [0, 0.1) is 5.92 Å². The van der Waals surface area contributed by atoms with Gasteiger partial charge in [0.15, 0.2) is 0 Å². The van der Waals surface area contributed by atoms with Gasteiger partial charge in [0, 0.05) is 18.3 Å². The number of thioether (sulfide) groups is 1. The molecule has 0 bridgehead atoms. The lowest BCUT2D eigenvalue weighted by Gasteiger charge is -2.26. The van der Waals surface area contributed by atoms with Crippen LogP contribution in [0.3, 0.4) is 0 Å². The fourth-order valence-electron chi connectivity index (χ4n) is 1.52. The van der Waals surface area contributed by atoms with Crippen LogP contribution in [0.15, 0.2) is 0 Å². The van der Waals surface area contributed by atoms with Gasteiger partial charge in [-0.25, -0.2) is 0 Å². The lowest BCUT2D eigenvalue weighted by molar-refractivity contribution is 0.194. The second-order valence-electron chi connectivity index (χ2n) is 3.58. The quantitative estimate of drug-likeness (QED) is 0.677. The molecule has 12 heavy (non-hydrogen) atoms. The average Bonchev–Trinajstić information content (AvgIpc) is 2.34. The van der Waals surface area contributed by atoms with Gasteiger partial charge in [0.2, 0.25) is 0 Å². The Balaban J connectivity index is 2.57. The molecular formula is C9H17NOS. The predicted molar refractivity (Wildman–Crippen MR) is 53.5 cm³/mol. The normalized spacial score (nSPS) is 24.2. The SMILES string of the molecule is CCCN1C(=O)SCC1C(C)C. The van der Waals surface area contributed by atoms with E-state index in [-0.39, 0.29) is 5.24 Å². The molecule has 3 heteroatoms. The van der Waals surface area contributed by atoms with E-state index in [4.69, 9.17) is 0 Å². The van der Waals surface area contributed by atoms with Crippen LogP contribution in [-0.4, -0.2) is 28.5 Å². The fourth-order valence-corrected chi connectivity index (χ4v) is 2.79. The van der Waals surface area contributed by atoms with Crippen molar-refractivity contribution in [3.8, 4) is 0 Å². The van der Waals surface area contributed by atoms with E-state index in [1.807, 2.05) is 4.90 Å². The lowest BCUT2D eigenvalue weighted by Crippen LogP contribution is -2.37. The monoisotopic (exact) mass is 187 g/mol. The van der Waals surface area contributed by atoms with E-state index in [9.17, 15) is 4.79 Å². The van der Waals surface area contributed by atoms with Crippen LogP contribution in [0.5, 0.6) is 0 Å². The molecule has 1 aliphatic rings. The van der Waals surface area contributed by atoms with Crippen molar-refractivity contribution in [3.63, 3.8) is 0 Å². The van der Waals surface area contributed by atoms with Gasteiger partial charge in [-0.1, -0.05) is 32.5 Å². The Morgan fingerprint density at radius 2 is 2.33 bits per heavy atom. The molecule has 2 nitrogen and oxygen atoms in total. The van der Waals surface area contributed by atoms with Crippen LogP contribution in [0.4, 0.5) is 4.79 Å². The summed E-state index contributed by atoms with van der Waals surface area (Å²) in [6.45, 7) is 7.42. The summed E-state index contributed by atoms with van der Waals surface area (Å²) in [6.07, 6.45) is 1.06. The van der Waals surface area contributed by atoms with Gasteiger partial charge < -0.3 is 4.90 Å². The van der Waals surface area contributed by atoms with Gasteiger partial charge in [-0.15, -0.1) is 0 Å². The number of hydrogen-bond donors (Lipinski definition) is 0. The second-order valence-corrected chi connectivity index (χ2v) is 4.55. The van der Waals surface area contributed by atoms with E-state index in [2.05, 4.69) is 20.8 Å². The standard InChI is InChI=1S/C9H17NOS/c1-4-5-10-8(7(2)3)6-12-9(10)11/h7-8H,4-6H2,1-3H3. The minimum Gasteiger partial charge on any atom is -0.330 e. The number of rotatable bonds is 3. The molecule has 0 aromatic rings. The summed E-state index contributed by atoms with van der Waals surface area (Å²) in [4.78, 5) is 13.4. The number of hydrogen-bond acceptors (Lipinski definition) is 2. The van der Waals surface area contributed by atoms with Crippen molar-refractivity contribution >= 4 is 17.0 Å². The fraction of sp³-hybridized carbons (Fsp3) is 0.889. The molecule has 0 N–H and O–H groups in total. The third kappa shape index (κ3) is 1.94. The van der Waals surface area contributed by atoms with Gasteiger partial charge in [0.05, 0.1) is 0 Å². The van der Waals surface area contributed by atoms with Gasteiger partial charge in [0.25, 0.3) is 5.24 Å². The number of carbonyl (C=O) groups excluding carboxylic acids is 1. The molecule has 1 fully saturated rings. The van der Waals surface area contributed by atoms with Crippen molar-refractivity contribution in [2.24, 2.45) is 5.92 Å². The Morgan fingerprint density at radius 3 is 2.83 bits per heavy atom. The van der Waals surface area contributed by atoms with Crippen molar-refractivity contribution < 1.29 is 4.79 Å². The van der Waals surface area contributed by atoms with Gasteiger partial charge in [-0.05, 0) is 12.3 Å². The van der Waals surface area contributed by atoms with E-state index >= 15 is 0 Å². The first kappa shape index (κ1) is 9.90. The van der Waals surface area contributed by atoms with Gasteiger partial charge in [-0.3, -0.25) is 4.79 Å². The van der Waals surface area contributed by atoms with E-state index in [0.29, 0.717) is 12.0 Å². The molecule has 70 valence electrons. The maximum absolute atomic E-state index is 11.4. The topological polar surface area (TPSA) is 20.3 Å². The van der Waals surface area contributed by atoms with E-state index in [1.165, 1.54) is 11.8 Å². The zero-order valence-corrected chi connectivity index (χ0v) is 8.86. The average molecular weight is 187 g/mol. The van der Waals surface area contributed by atoms with Crippen molar-refractivity contribution in [1.29, 1.82) is 0 Å². The summed E-state index contributed by atoms with van der Waals surface area (Å²) < 4.78 is 0. The van der Waals surface area contributed by atoms with Crippen molar-refractivity contribution in [1.82, 2.24) is 4.90 Å². The summed E-state index contributed by atoms with van der Waals surface area (Å²) >= 11 is 1.47. The summed E-state index contributed by atoms with van der Waals surface area (Å²) in [5.41, 5.74) is 0. The molecular weight excluding hydrogens is 170 g/mol. The molecule has 1 saturated heterocycles. The highest BCUT2D eigenvalue weighted by Gasteiger charge is 2.32. The Hall–Kier alpha value is -0.180. The zero-order valence-electron chi connectivity index (χ0n) is 8.04. The molecule has 0 aromatic carbocycles. The molecule has 1 unspecified atom stereocenters. The van der Waals surface area contributed by atoms with E-state index in [1.54, 1.807) is 0 Å². The van der Waals surface area contributed by atoms with Crippen LogP contribution in [0.1, 0.15) is 27.2 Å². The molecule has 0 saturated carbocycles. The first-order chi connectivity index (χ1) is 5.66. The Morgan fingerprint density at radius 1 is 1.67 bits per heavy atom. The third-order valence-corrected chi connectivity index (χ3v) is 3.24. The van der Waals surface area contributed by atoms with Crippen LogP contribution in [0.2, 0.25) is 0 Å². The first-order valence-electron chi connectivity index (χ1n) is 4.60. The Bertz CT molecular complexity index is 170. The van der Waals surface area contributed by atoms with E-state index in [0.717, 1.165) is 18.7 Å². The van der Waals surface area contributed by atoms with Crippen molar-refractivity contribution in [2.75, 3.05) is 12.3 Å². The zero-order chi connectivity index (χ0) is 9.14. The minimum atomic E-state index is 0.274. The summed E-state index contributed by atoms with van der Waals surface area (Å²) in [5, 5.41) is 0.274. The Labute approximate surface area is 78.7 Å². The van der Waals surface area contributed by atoms with Crippen LogP contribution < -0.4 is 0 Å². The van der Waals surface area contributed by atoms with Crippen LogP contribution in [-0.2, 0) is 0 Å². The van der Waals surface area contributed by atoms with Crippen LogP contribution >= 0.6 is 11.8 Å². The number of nitrogens with zero attached hydrogens (tertiary/aromatic N) is 1. The van der Waals surface area contributed by atoms with Gasteiger partial charge >= 0.3 is 0 Å². The highest BCUT2D eigenvalue weighted by molar-refractivity contribution is 8.13. The van der Waals surface area contributed by atoms with Crippen LogP contribution in [0.25, 0.3) is 0 Å². The largest absolute Gasteiger partial charge is 0.330 e. The lowest BCUT2D eigenvalue weighted by atomic mass is 10.1. The molecule has 0 aromatic heterocycles. The summed E-state index contributed by atoms with van der Waals surface area (Å²) in [5.74, 6) is 1.58. The Kier molecular flexibility index (Phi) is 3.44. The number of amides is 1. The maximum Gasteiger partial charge on any atom is 0.281 e. The van der Waals surface area contributed by atoms with Gasteiger partial charge in [-0.2, -0.15) is 0 Å². The summed E-state index contributed by atoms with van der Waals surface area (Å²) in [6, 6.07) is 0.474. The second kappa shape index (κ2) is 4.17. The van der Waals surface area contributed by atoms with Crippen molar-refractivity contribution in [2.45, 2.75) is 33.2 Å². The van der Waals surface area contributed by atoms with E-state index < -0.39 is 0 Å². The molecule has 1 heterocycles. The minimum absolute atomic E-state index is 0.274. The molecule has 1 aliphatic heterocycles. The summed E-state index contributed by atoms with van der Waals surface area (Å²) in [7, 11) is 0. The third-order valence-electron chi connectivity index (χ3n) is 2.25. The molecule has 0 radical (unpaired) electrons. The molecule has 1 amide bonds.